The van der Waals surface area contributed by atoms with Crippen LogP contribution in [0.15, 0.2) is 0 Å². The molecule has 1 aromatic rings. The highest BCUT2D eigenvalue weighted by atomic mass is 32.1. The van der Waals surface area contributed by atoms with Crippen molar-refractivity contribution in [2.45, 2.75) is 52.1 Å². The van der Waals surface area contributed by atoms with Gasteiger partial charge in [-0.1, -0.05) is 20.3 Å². The van der Waals surface area contributed by atoms with Crippen molar-refractivity contribution in [3.8, 4) is 0 Å². The van der Waals surface area contributed by atoms with Crippen LogP contribution in [-0.4, -0.2) is 40.2 Å². The molecule has 1 aliphatic rings. The lowest BCUT2D eigenvalue weighted by Gasteiger charge is -2.29. The van der Waals surface area contributed by atoms with E-state index in [0.717, 1.165) is 37.8 Å². The first-order chi connectivity index (χ1) is 9.63. The van der Waals surface area contributed by atoms with E-state index in [1.165, 1.54) is 4.88 Å². The molecule has 2 N–H and O–H groups in total. The van der Waals surface area contributed by atoms with Gasteiger partial charge in [0.05, 0.1) is 11.8 Å². The molecule has 0 radical (unpaired) electrons. The average Bonchev–Trinajstić information content (AvgIpc) is 2.81. The second kappa shape index (κ2) is 7.04. The van der Waals surface area contributed by atoms with Gasteiger partial charge in [0.25, 0.3) is 0 Å². The van der Waals surface area contributed by atoms with Gasteiger partial charge in [0.15, 0.2) is 5.13 Å². The number of nitrogens with one attached hydrogen (secondary N) is 1. The fourth-order valence-electron chi connectivity index (χ4n) is 2.45. The number of piperidine rings is 1. The number of aliphatic hydroxyl groups excluding tert-OH is 1. The zero-order valence-electron chi connectivity index (χ0n) is 12.2. The highest BCUT2D eigenvalue weighted by Crippen LogP contribution is 2.25. The fourth-order valence-corrected chi connectivity index (χ4v) is 3.39. The maximum absolute atomic E-state index is 12.2. The molecular weight excluding hydrogens is 274 g/mol. The lowest BCUT2D eigenvalue weighted by molar-refractivity contribution is 0.0883. The molecule has 0 bridgehead atoms. The summed E-state index contributed by atoms with van der Waals surface area (Å²) in [5.41, 5.74) is 1.11. The molecular formula is C14H23N3O2S. The second-order valence-corrected chi connectivity index (χ2v) is 6.25. The Morgan fingerprint density at radius 2 is 2.35 bits per heavy atom. The lowest BCUT2D eigenvalue weighted by Crippen LogP contribution is -2.44. The molecule has 1 unspecified atom stereocenters. The Balaban J connectivity index is 2.00. The van der Waals surface area contributed by atoms with Crippen LogP contribution in [-0.2, 0) is 12.8 Å². The number of hydrogen-bond donors (Lipinski definition) is 2. The number of anilines is 1. The highest BCUT2D eigenvalue weighted by Gasteiger charge is 2.23. The van der Waals surface area contributed by atoms with Gasteiger partial charge < -0.3 is 10.0 Å². The third kappa shape index (κ3) is 3.70. The molecule has 2 amide bonds. The summed E-state index contributed by atoms with van der Waals surface area (Å²) in [5.74, 6) is 0. The molecule has 0 saturated carbocycles. The Morgan fingerprint density at radius 3 is 3.00 bits per heavy atom. The van der Waals surface area contributed by atoms with E-state index in [4.69, 9.17) is 0 Å². The normalized spacial score (nSPS) is 19.1. The number of rotatable bonds is 4. The maximum atomic E-state index is 12.2. The first-order valence-electron chi connectivity index (χ1n) is 7.36. The van der Waals surface area contributed by atoms with Gasteiger partial charge >= 0.3 is 6.03 Å². The smallest absolute Gasteiger partial charge is 0.323 e. The standard InChI is InChI=1S/C14H23N3O2S/c1-3-6-11-12(4-2)20-13(15-11)16-14(19)17-8-5-7-10(18)9-17/h10,18H,3-9H2,1-2H3,(H,15,16,19). The van der Waals surface area contributed by atoms with Crippen LogP contribution in [0.5, 0.6) is 0 Å². The van der Waals surface area contributed by atoms with Crippen molar-refractivity contribution in [3.63, 3.8) is 0 Å². The van der Waals surface area contributed by atoms with Crippen LogP contribution >= 0.6 is 11.3 Å². The summed E-state index contributed by atoms with van der Waals surface area (Å²) in [4.78, 5) is 19.6. The van der Waals surface area contributed by atoms with Gasteiger partial charge in [-0.25, -0.2) is 9.78 Å². The Hall–Kier alpha value is -1.14. The number of carbonyl (C=O) groups is 1. The number of urea groups is 1. The number of likely N-dealkylation sites (tertiary alicyclic amines) is 1. The average molecular weight is 297 g/mol. The Kier molecular flexibility index (Phi) is 5.37. The topological polar surface area (TPSA) is 65.5 Å². The summed E-state index contributed by atoms with van der Waals surface area (Å²) in [6.45, 7) is 5.36. The van der Waals surface area contributed by atoms with E-state index in [0.29, 0.717) is 18.2 Å². The van der Waals surface area contributed by atoms with E-state index < -0.39 is 6.10 Å². The van der Waals surface area contributed by atoms with Crippen molar-refractivity contribution < 1.29 is 9.90 Å². The van der Waals surface area contributed by atoms with E-state index in [1.807, 2.05) is 0 Å². The minimum Gasteiger partial charge on any atom is -0.391 e. The number of aliphatic hydroxyl groups is 1. The zero-order valence-corrected chi connectivity index (χ0v) is 13.0. The van der Waals surface area contributed by atoms with Crippen LogP contribution in [0.2, 0.25) is 0 Å². The monoisotopic (exact) mass is 297 g/mol. The minimum absolute atomic E-state index is 0.150. The lowest BCUT2D eigenvalue weighted by atomic mass is 10.1. The Bertz CT molecular complexity index is 461. The fraction of sp³-hybridized carbons (Fsp3) is 0.714. The molecule has 20 heavy (non-hydrogen) atoms. The quantitative estimate of drug-likeness (QED) is 0.898. The molecule has 1 atom stereocenters. The summed E-state index contributed by atoms with van der Waals surface area (Å²) in [5, 5.41) is 13.2. The van der Waals surface area contributed by atoms with Crippen molar-refractivity contribution in [2.75, 3.05) is 18.4 Å². The number of carbonyl (C=O) groups excluding carboxylic acids is 1. The van der Waals surface area contributed by atoms with Crippen molar-refractivity contribution in [1.29, 1.82) is 0 Å². The number of β-amino-alcohol motifs (C(OH)–C–C–N with tert-alkyl or cyclic N) is 1. The second-order valence-electron chi connectivity index (χ2n) is 5.16. The van der Waals surface area contributed by atoms with Gasteiger partial charge in [0.2, 0.25) is 0 Å². The molecule has 2 heterocycles. The summed E-state index contributed by atoms with van der Waals surface area (Å²) in [6.07, 6.45) is 4.20. The molecule has 5 nitrogen and oxygen atoms in total. The van der Waals surface area contributed by atoms with E-state index >= 15 is 0 Å². The van der Waals surface area contributed by atoms with E-state index in [9.17, 15) is 9.90 Å². The number of aryl methyl sites for hydroxylation is 2. The molecule has 0 spiro atoms. The Labute approximate surface area is 124 Å². The molecule has 6 heteroatoms. The summed E-state index contributed by atoms with van der Waals surface area (Å²) < 4.78 is 0. The first kappa shape index (κ1) is 15.3. The molecule has 1 aliphatic heterocycles. The van der Waals surface area contributed by atoms with Gasteiger partial charge in [-0.3, -0.25) is 5.32 Å². The van der Waals surface area contributed by atoms with E-state index in [1.54, 1.807) is 16.2 Å². The van der Waals surface area contributed by atoms with Crippen molar-refractivity contribution in [1.82, 2.24) is 9.88 Å². The third-order valence-electron chi connectivity index (χ3n) is 3.48. The maximum Gasteiger partial charge on any atom is 0.323 e. The molecule has 2 rings (SSSR count). The number of hydrogen-bond acceptors (Lipinski definition) is 4. The predicted octanol–water partition coefficient (Wildman–Crippen LogP) is 2.65. The molecule has 1 fully saturated rings. The van der Waals surface area contributed by atoms with Gasteiger partial charge in [0.1, 0.15) is 0 Å². The molecule has 1 saturated heterocycles. The van der Waals surface area contributed by atoms with Crippen molar-refractivity contribution in [2.24, 2.45) is 0 Å². The summed E-state index contributed by atoms with van der Waals surface area (Å²) >= 11 is 1.56. The van der Waals surface area contributed by atoms with Crippen LogP contribution in [0.4, 0.5) is 9.93 Å². The third-order valence-corrected chi connectivity index (χ3v) is 4.64. The van der Waals surface area contributed by atoms with Gasteiger partial charge in [-0.15, -0.1) is 11.3 Å². The van der Waals surface area contributed by atoms with Crippen molar-refractivity contribution >= 4 is 22.5 Å². The predicted molar refractivity (Wildman–Crippen MR) is 81.3 cm³/mol. The van der Waals surface area contributed by atoms with Gasteiger partial charge in [0, 0.05) is 18.0 Å². The number of thiazole rings is 1. The SMILES string of the molecule is CCCc1nc(NC(=O)N2CCCC(O)C2)sc1CC. The zero-order chi connectivity index (χ0) is 14.5. The molecule has 0 aliphatic carbocycles. The highest BCUT2D eigenvalue weighted by molar-refractivity contribution is 7.15. The molecule has 0 aromatic carbocycles. The van der Waals surface area contributed by atoms with Crippen LogP contribution in [0.25, 0.3) is 0 Å². The largest absolute Gasteiger partial charge is 0.391 e. The number of amides is 2. The Morgan fingerprint density at radius 1 is 1.55 bits per heavy atom. The van der Waals surface area contributed by atoms with Crippen LogP contribution < -0.4 is 5.32 Å². The van der Waals surface area contributed by atoms with Crippen LogP contribution in [0.3, 0.4) is 0 Å². The first-order valence-corrected chi connectivity index (χ1v) is 8.18. The number of nitrogens with zero attached hydrogens (tertiary/aromatic N) is 2. The van der Waals surface area contributed by atoms with E-state index in [-0.39, 0.29) is 6.03 Å². The minimum atomic E-state index is -0.396. The van der Waals surface area contributed by atoms with Gasteiger partial charge in [-0.2, -0.15) is 0 Å². The molecule has 112 valence electrons. The summed E-state index contributed by atoms with van der Waals surface area (Å²) in [6, 6.07) is -0.150. The van der Waals surface area contributed by atoms with Crippen LogP contribution in [0, 0.1) is 0 Å². The summed E-state index contributed by atoms with van der Waals surface area (Å²) in [7, 11) is 0. The van der Waals surface area contributed by atoms with Gasteiger partial charge in [-0.05, 0) is 25.7 Å². The molecule has 1 aromatic heterocycles. The van der Waals surface area contributed by atoms with Crippen LogP contribution in [0.1, 0.15) is 43.7 Å². The van der Waals surface area contributed by atoms with E-state index in [2.05, 4.69) is 24.1 Å². The van der Waals surface area contributed by atoms with Crippen molar-refractivity contribution in [3.05, 3.63) is 10.6 Å². The number of aromatic nitrogens is 1.